The molecule has 2 aromatic rings. The summed E-state index contributed by atoms with van der Waals surface area (Å²) in [6.45, 7) is 1.95. The highest BCUT2D eigenvalue weighted by Gasteiger charge is 2.16. The van der Waals surface area contributed by atoms with Crippen LogP contribution in [0.3, 0.4) is 0 Å². The van der Waals surface area contributed by atoms with Crippen LogP contribution in [0.4, 0.5) is 0 Å². The van der Waals surface area contributed by atoms with Gasteiger partial charge in [0.25, 0.3) is 5.91 Å². The molecule has 0 atom stereocenters. The van der Waals surface area contributed by atoms with Crippen LogP contribution < -0.4 is 0 Å². The van der Waals surface area contributed by atoms with E-state index in [0.29, 0.717) is 12.3 Å². The Morgan fingerprint density at radius 2 is 2.19 bits per heavy atom. The van der Waals surface area contributed by atoms with E-state index in [1.54, 1.807) is 24.9 Å². The van der Waals surface area contributed by atoms with Crippen LogP contribution in [-0.4, -0.2) is 34.7 Å². The molecule has 0 radical (unpaired) electrons. The van der Waals surface area contributed by atoms with Crippen molar-refractivity contribution in [3.05, 3.63) is 52.9 Å². The minimum Gasteiger partial charge on any atom is -0.384 e. The first-order valence-electron chi connectivity index (χ1n) is 6.48. The number of hydrogen-bond donors (Lipinski definition) is 1. The number of aliphatic hydroxyl groups excluding tert-OH is 1. The fourth-order valence-electron chi connectivity index (χ4n) is 1.90. The number of hydrogen-bond acceptors (Lipinski definition) is 4. The Balaban J connectivity index is 2.16. The number of rotatable bonds is 3. The van der Waals surface area contributed by atoms with Gasteiger partial charge in [0.05, 0.1) is 0 Å². The van der Waals surface area contributed by atoms with Crippen molar-refractivity contribution >= 4 is 5.91 Å². The maximum atomic E-state index is 12.2. The number of benzene rings is 1. The van der Waals surface area contributed by atoms with Gasteiger partial charge in [-0.15, -0.1) is 0 Å². The van der Waals surface area contributed by atoms with Gasteiger partial charge >= 0.3 is 0 Å². The third-order valence-electron chi connectivity index (χ3n) is 2.92. The van der Waals surface area contributed by atoms with Crippen molar-refractivity contribution < 1.29 is 14.4 Å². The van der Waals surface area contributed by atoms with E-state index in [1.165, 1.54) is 0 Å². The molecule has 1 aromatic heterocycles. The molecule has 0 saturated heterocycles. The molecule has 1 aromatic carbocycles. The lowest BCUT2D eigenvalue weighted by atomic mass is 10.1. The predicted octanol–water partition coefficient (Wildman–Crippen LogP) is 1.60. The zero-order valence-corrected chi connectivity index (χ0v) is 12.0. The highest BCUT2D eigenvalue weighted by molar-refractivity contribution is 5.92. The summed E-state index contributed by atoms with van der Waals surface area (Å²) < 4.78 is 4.92. The van der Waals surface area contributed by atoms with Crippen molar-refractivity contribution in [3.63, 3.8) is 0 Å². The van der Waals surface area contributed by atoms with Crippen LogP contribution in [0.1, 0.15) is 27.4 Å². The molecule has 0 aliphatic heterocycles. The molecule has 5 heteroatoms. The molecule has 0 aliphatic rings. The third-order valence-corrected chi connectivity index (χ3v) is 2.92. The summed E-state index contributed by atoms with van der Waals surface area (Å²) >= 11 is 0. The molecular formula is C16H16N2O3. The fourth-order valence-corrected chi connectivity index (χ4v) is 1.90. The van der Waals surface area contributed by atoms with E-state index in [9.17, 15) is 4.79 Å². The van der Waals surface area contributed by atoms with E-state index in [0.717, 1.165) is 11.1 Å². The molecule has 0 fully saturated rings. The van der Waals surface area contributed by atoms with Crippen LogP contribution >= 0.6 is 0 Å². The molecule has 1 heterocycles. The Labute approximate surface area is 123 Å². The van der Waals surface area contributed by atoms with Gasteiger partial charge in [-0.05, 0) is 18.6 Å². The molecular weight excluding hydrogens is 268 g/mol. The number of aryl methyl sites for hydroxylation is 1. The first-order chi connectivity index (χ1) is 10.1. The van der Waals surface area contributed by atoms with Gasteiger partial charge in [-0.3, -0.25) is 4.79 Å². The highest BCUT2D eigenvalue weighted by atomic mass is 16.5. The Bertz CT molecular complexity index is 695. The average Bonchev–Trinajstić information content (AvgIpc) is 2.92. The van der Waals surface area contributed by atoms with Gasteiger partial charge in [0.15, 0.2) is 5.69 Å². The Hall–Kier alpha value is -2.58. The Morgan fingerprint density at radius 1 is 1.43 bits per heavy atom. The average molecular weight is 284 g/mol. The van der Waals surface area contributed by atoms with E-state index in [-0.39, 0.29) is 18.2 Å². The van der Waals surface area contributed by atoms with Gasteiger partial charge in [-0.1, -0.05) is 35.2 Å². The fraction of sp³-hybridized carbons (Fsp3) is 0.250. The molecule has 108 valence electrons. The second-order valence-corrected chi connectivity index (χ2v) is 4.60. The predicted molar refractivity (Wildman–Crippen MR) is 77.4 cm³/mol. The highest BCUT2D eigenvalue weighted by Crippen LogP contribution is 2.12. The minimum absolute atomic E-state index is 0.193. The summed E-state index contributed by atoms with van der Waals surface area (Å²) in [5.74, 6) is 5.88. The molecule has 0 unspecified atom stereocenters. The topological polar surface area (TPSA) is 66.6 Å². The normalized spacial score (nSPS) is 9.86. The van der Waals surface area contributed by atoms with Crippen LogP contribution in [0.25, 0.3) is 0 Å². The van der Waals surface area contributed by atoms with Gasteiger partial charge in [-0.2, -0.15) is 0 Å². The maximum Gasteiger partial charge on any atom is 0.276 e. The van der Waals surface area contributed by atoms with E-state index in [4.69, 9.17) is 9.63 Å². The maximum absolute atomic E-state index is 12.2. The summed E-state index contributed by atoms with van der Waals surface area (Å²) in [6, 6.07) is 9.12. The van der Waals surface area contributed by atoms with Crippen molar-refractivity contribution in [1.29, 1.82) is 0 Å². The van der Waals surface area contributed by atoms with E-state index in [1.807, 2.05) is 24.3 Å². The van der Waals surface area contributed by atoms with Crippen LogP contribution in [0.15, 0.2) is 34.9 Å². The molecule has 2 rings (SSSR count). The quantitative estimate of drug-likeness (QED) is 0.869. The molecule has 0 bridgehead atoms. The molecule has 1 N–H and O–H groups in total. The zero-order chi connectivity index (χ0) is 15.2. The summed E-state index contributed by atoms with van der Waals surface area (Å²) in [5.41, 5.74) is 1.99. The van der Waals surface area contributed by atoms with Gasteiger partial charge in [0, 0.05) is 25.2 Å². The zero-order valence-electron chi connectivity index (χ0n) is 12.0. The second kappa shape index (κ2) is 6.73. The van der Waals surface area contributed by atoms with Crippen LogP contribution in [-0.2, 0) is 6.54 Å². The molecule has 5 nitrogen and oxygen atoms in total. The van der Waals surface area contributed by atoms with Crippen molar-refractivity contribution in [2.75, 3.05) is 13.7 Å². The van der Waals surface area contributed by atoms with Crippen LogP contribution in [0.2, 0.25) is 0 Å². The monoisotopic (exact) mass is 284 g/mol. The molecule has 0 aliphatic carbocycles. The Kier molecular flexibility index (Phi) is 4.75. The summed E-state index contributed by atoms with van der Waals surface area (Å²) in [5, 5.41) is 12.5. The van der Waals surface area contributed by atoms with E-state index < -0.39 is 0 Å². The van der Waals surface area contributed by atoms with Gasteiger partial charge in [0.2, 0.25) is 0 Å². The largest absolute Gasteiger partial charge is 0.384 e. The number of amides is 1. The summed E-state index contributed by atoms with van der Waals surface area (Å²) in [4.78, 5) is 13.8. The lowest BCUT2D eigenvalue weighted by Gasteiger charge is -2.16. The smallest absolute Gasteiger partial charge is 0.276 e. The van der Waals surface area contributed by atoms with Gasteiger partial charge < -0.3 is 14.5 Å². The van der Waals surface area contributed by atoms with Crippen molar-refractivity contribution in [2.24, 2.45) is 0 Å². The number of aromatic nitrogens is 1. The van der Waals surface area contributed by atoms with Crippen LogP contribution in [0, 0.1) is 18.8 Å². The van der Waals surface area contributed by atoms with Gasteiger partial charge in [-0.25, -0.2) is 0 Å². The number of aliphatic hydroxyl groups is 1. The SMILES string of the molecule is Cc1cc(C(=O)N(C)Cc2ccccc2C#CCO)no1. The lowest BCUT2D eigenvalue weighted by molar-refractivity contribution is 0.0774. The minimum atomic E-state index is -0.211. The standard InChI is InChI=1S/C16H16N2O3/c1-12-10-15(17-21-12)16(20)18(2)11-14-7-4-3-6-13(14)8-5-9-19/h3-4,6-7,10,19H,9,11H2,1-2H3. The van der Waals surface area contributed by atoms with E-state index >= 15 is 0 Å². The van der Waals surface area contributed by atoms with Crippen molar-refractivity contribution in [2.45, 2.75) is 13.5 Å². The summed E-state index contributed by atoms with van der Waals surface area (Å²) in [7, 11) is 1.70. The third kappa shape index (κ3) is 3.71. The molecule has 0 saturated carbocycles. The number of carbonyl (C=O) groups excluding carboxylic acids is 1. The van der Waals surface area contributed by atoms with Crippen LogP contribution in [0.5, 0.6) is 0 Å². The summed E-state index contributed by atoms with van der Waals surface area (Å²) in [6.07, 6.45) is 0. The van der Waals surface area contributed by atoms with E-state index in [2.05, 4.69) is 17.0 Å². The molecule has 0 spiro atoms. The Morgan fingerprint density at radius 3 is 2.86 bits per heavy atom. The van der Waals surface area contributed by atoms with Gasteiger partial charge in [0.1, 0.15) is 12.4 Å². The first-order valence-corrected chi connectivity index (χ1v) is 6.48. The molecule has 21 heavy (non-hydrogen) atoms. The number of nitrogens with zero attached hydrogens (tertiary/aromatic N) is 2. The first kappa shape index (κ1) is 14.8. The van der Waals surface area contributed by atoms with Crippen molar-refractivity contribution in [1.82, 2.24) is 10.1 Å². The lowest BCUT2D eigenvalue weighted by Crippen LogP contribution is -2.26. The van der Waals surface area contributed by atoms with Crippen molar-refractivity contribution in [3.8, 4) is 11.8 Å². The second-order valence-electron chi connectivity index (χ2n) is 4.60. The number of carbonyl (C=O) groups is 1. The molecule has 1 amide bonds.